The molecule has 1 fully saturated rings. The van der Waals surface area contributed by atoms with E-state index in [1.165, 1.54) is 6.66 Å². The second-order valence-corrected chi connectivity index (χ2v) is 7.03. The summed E-state index contributed by atoms with van der Waals surface area (Å²) < 4.78 is 37.1. The molecule has 3 atom stereocenters. The highest BCUT2D eigenvalue weighted by Gasteiger charge is 2.58. The van der Waals surface area contributed by atoms with Gasteiger partial charge in [-0.2, -0.15) is 13.2 Å². The zero-order chi connectivity index (χ0) is 10.3. The first-order chi connectivity index (χ1) is 5.76. The summed E-state index contributed by atoms with van der Waals surface area (Å²) in [6.45, 7) is 1.50. The molecule has 0 amide bonds. The summed E-state index contributed by atoms with van der Waals surface area (Å²) in [4.78, 5) is 9.55. The maximum atomic E-state index is 12.4. The molecule has 1 N–H and O–H groups in total. The normalized spacial score (nSPS) is 40.3. The van der Waals surface area contributed by atoms with Gasteiger partial charge in [-0.3, -0.25) is 4.89 Å². The van der Waals surface area contributed by atoms with Gasteiger partial charge in [0, 0.05) is 0 Å². The minimum Gasteiger partial charge on any atom is -0.252 e. The molecule has 1 aliphatic rings. The van der Waals surface area contributed by atoms with E-state index in [-0.39, 0.29) is 12.3 Å². The molecule has 0 aliphatic carbocycles. The van der Waals surface area contributed by atoms with Crippen molar-refractivity contribution in [3.8, 4) is 12.3 Å². The van der Waals surface area contributed by atoms with Gasteiger partial charge in [0.2, 0.25) is 0 Å². The molecule has 0 aromatic rings. The van der Waals surface area contributed by atoms with E-state index in [9.17, 15) is 18.1 Å². The molecule has 0 aromatic carbocycles. The second kappa shape index (κ2) is 3.15. The second-order valence-electron chi connectivity index (χ2n) is 3.63. The van der Waals surface area contributed by atoms with Crippen LogP contribution in [0.1, 0.15) is 0 Å². The minimum absolute atomic E-state index is 0.147. The van der Waals surface area contributed by atoms with Crippen LogP contribution in [-0.4, -0.2) is 30.1 Å². The summed E-state index contributed by atoms with van der Waals surface area (Å²) >= 11 is 0. The number of terminal acetylenes is 1. The Kier molecular flexibility index (Phi) is 2.62. The summed E-state index contributed by atoms with van der Waals surface area (Å²) in [5, 5.41) is 0. The molecule has 1 heterocycles. The molecule has 74 valence electrons. The lowest BCUT2D eigenvalue weighted by Crippen LogP contribution is -2.28. The Hall–Kier alpha value is -0.260. The van der Waals surface area contributed by atoms with E-state index < -0.39 is 25.5 Å². The summed E-state index contributed by atoms with van der Waals surface area (Å²) in [5.74, 6) is -0.206. The minimum atomic E-state index is -4.27. The van der Waals surface area contributed by atoms with Crippen LogP contribution in [0.15, 0.2) is 0 Å². The van der Waals surface area contributed by atoms with Crippen LogP contribution >= 0.6 is 7.49 Å². The molecule has 1 nitrogen and oxygen atoms in total. The third kappa shape index (κ3) is 2.36. The zero-order valence-electron chi connectivity index (χ0n) is 7.17. The Morgan fingerprint density at radius 1 is 1.46 bits per heavy atom. The van der Waals surface area contributed by atoms with E-state index in [1.54, 1.807) is 0 Å². The average molecular weight is 211 g/mol. The third-order valence-electron chi connectivity index (χ3n) is 2.30. The van der Waals surface area contributed by atoms with Gasteiger partial charge >= 0.3 is 6.18 Å². The van der Waals surface area contributed by atoms with Crippen LogP contribution in [0.25, 0.3) is 0 Å². The Morgan fingerprint density at radius 2 is 2.00 bits per heavy atom. The first-order valence-electron chi connectivity index (χ1n) is 3.86. The molecule has 1 saturated heterocycles. The van der Waals surface area contributed by atoms with Crippen LogP contribution in [0.2, 0.25) is 0 Å². The highest BCUT2D eigenvalue weighted by Crippen LogP contribution is 2.63. The topological polar surface area (TPSA) is 20.2 Å². The lowest BCUT2D eigenvalue weighted by Gasteiger charge is -2.15. The summed E-state index contributed by atoms with van der Waals surface area (Å²) in [5.41, 5.74) is 0. The van der Waals surface area contributed by atoms with E-state index >= 15 is 0 Å². The molecule has 0 radical (unpaired) electrons. The van der Waals surface area contributed by atoms with E-state index in [0.29, 0.717) is 0 Å². The molecular weight excluding hydrogens is 200 g/mol. The Bertz CT molecular complexity index is 241. The van der Waals surface area contributed by atoms with Gasteiger partial charge in [-0.15, -0.1) is 6.42 Å². The highest BCUT2D eigenvalue weighted by atomic mass is 31.2. The molecule has 0 bridgehead atoms. The van der Waals surface area contributed by atoms with Crippen molar-refractivity contribution in [1.82, 2.24) is 0 Å². The Balaban J connectivity index is 2.83. The van der Waals surface area contributed by atoms with Gasteiger partial charge < -0.3 is 0 Å². The van der Waals surface area contributed by atoms with E-state index in [2.05, 4.69) is 5.92 Å². The summed E-state index contributed by atoms with van der Waals surface area (Å²) in [6, 6.07) is 0. The fraction of sp³-hybridized carbons (Fsp3) is 0.750. The quantitative estimate of drug-likeness (QED) is 0.479. The number of halogens is 3. The Labute approximate surface area is 75.7 Å². The lowest BCUT2D eigenvalue weighted by molar-refractivity contribution is -0.173. The third-order valence-corrected chi connectivity index (χ3v) is 4.66. The molecule has 3 unspecified atom stereocenters. The predicted octanol–water partition coefficient (Wildman–Crippen LogP) is 1.98. The van der Waals surface area contributed by atoms with Crippen molar-refractivity contribution in [2.75, 3.05) is 19.0 Å². The van der Waals surface area contributed by atoms with Crippen molar-refractivity contribution in [2.45, 2.75) is 6.18 Å². The van der Waals surface area contributed by atoms with E-state index in [4.69, 9.17) is 6.42 Å². The van der Waals surface area contributed by atoms with Crippen LogP contribution in [0.3, 0.4) is 0 Å². The molecule has 0 saturated carbocycles. The maximum absolute atomic E-state index is 12.4. The van der Waals surface area contributed by atoms with Gasteiger partial charge in [0.15, 0.2) is 0 Å². The first-order valence-corrected chi connectivity index (χ1v) is 6.42. The number of rotatable bonds is 0. The fourth-order valence-electron chi connectivity index (χ4n) is 1.68. The molecule has 0 spiro atoms. The van der Waals surface area contributed by atoms with Crippen molar-refractivity contribution < 1.29 is 18.1 Å². The van der Waals surface area contributed by atoms with Crippen LogP contribution < -0.4 is 0 Å². The Morgan fingerprint density at radius 3 is 2.31 bits per heavy atom. The first kappa shape index (κ1) is 10.8. The van der Waals surface area contributed by atoms with Crippen LogP contribution in [0.4, 0.5) is 13.2 Å². The van der Waals surface area contributed by atoms with Crippen molar-refractivity contribution >= 4 is 7.49 Å². The number of hydrogen-bond donors (Lipinski definition) is 1. The van der Waals surface area contributed by atoms with Crippen LogP contribution in [-0.2, 0) is 0 Å². The lowest BCUT2D eigenvalue weighted by atomic mass is 9.97. The SMILES string of the molecule is C#CC1C[P+](C)(O)CC1C(F)(F)F. The molecule has 0 aromatic heterocycles. The van der Waals surface area contributed by atoms with Crippen LogP contribution in [0.5, 0.6) is 0 Å². The molecule has 13 heavy (non-hydrogen) atoms. The summed E-state index contributed by atoms with van der Waals surface area (Å²) in [7, 11) is -2.38. The van der Waals surface area contributed by atoms with Crippen molar-refractivity contribution in [2.24, 2.45) is 11.8 Å². The molecular formula is C8H11F3OP+. The van der Waals surface area contributed by atoms with E-state index in [1.807, 2.05) is 0 Å². The predicted molar refractivity (Wildman–Crippen MR) is 46.7 cm³/mol. The van der Waals surface area contributed by atoms with Gasteiger partial charge in [0.1, 0.15) is 13.4 Å². The van der Waals surface area contributed by atoms with Gasteiger partial charge in [-0.1, -0.05) is 5.92 Å². The standard InChI is InChI=1S/C8H11F3OP/c1-3-6-4-13(2,12)5-7(6)8(9,10)11/h1,6-7,12H,4-5H2,2H3/q+1. The smallest absolute Gasteiger partial charge is 0.252 e. The molecule has 5 heteroatoms. The van der Waals surface area contributed by atoms with Gasteiger partial charge in [0.25, 0.3) is 0 Å². The molecule has 1 aliphatic heterocycles. The van der Waals surface area contributed by atoms with Crippen molar-refractivity contribution in [3.63, 3.8) is 0 Å². The fourth-order valence-corrected chi connectivity index (χ4v) is 4.34. The van der Waals surface area contributed by atoms with Crippen molar-refractivity contribution in [3.05, 3.63) is 0 Å². The average Bonchev–Trinajstić information content (AvgIpc) is 2.24. The van der Waals surface area contributed by atoms with Crippen molar-refractivity contribution in [1.29, 1.82) is 0 Å². The van der Waals surface area contributed by atoms with Crippen LogP contribution in [0, 0.1) is 24.2 Å². The van der Waals surface area contributed by atoms with Gasteiger partial charge in [0.05, 0.1) is 24.9 Å². The maximum Gasteiger partial charge on any atom is 0.396 e. The van der Waals surface area contributed by atoms with Gasteiger partial charge in [-0.05, 0) is 0 Å². The van der Waals surface area contributed by atoms with Gasteiger partial charge in [-0.25, -0.2) is 0 Å². The monoisotopic (exact) mass is 211 g/mol. The summed E-state index contributed by atoms with van der Waals surface area (Å²) in [6.07, 6.45) is 0.704. The zero-order valence-corrected chi connectivity index (χ0v) is 8.07. The largest absolute Gasteiger partial charge is 0.396 e. The molecule has 1 rings (SSSR count). The van der Waals surface area contributed by atoms with E-state index in [0.717, 1.165) is 0 Å². The number of hydrogen-bond acceptors (Lipinski definition) is 1. The highest BCUT2D eigenvalue weighted by molar-refractivity contribution is 7.69. The number of alkyl halides is 3.